The van der Waals surface area contributed by atoms with Crippen molar-refractivity contribution in [2.45, 2.75) is 25.3 Å². The molecule has 1 aliphatic rings. The zero-order valence-corrected chi connectivity index (χ0v) is 12.1. The fraction of sp³-hybridized carbons (Fsp3) is 0.312. The minimum absolute atomic E-state index is 0.0544. The van der Waals surface area contributed by atoms with Crippen molar-refractivity contribution in [3.05, 3.63) is 42.2 Å². The first-order valence-electron chi connectivity index (χ1n) is 7.39. The van der Waals surface area contributed by atoms with Crippen molar-refractivity contribution in [3.63, 3.8) is 0 Å². The summed E-state index contributed by atoms with van der Waals surface area (Å²) < 4.78 is 0. The molecule has 3 N–H and O–H groups in total. The summed E-state index contributed by atoms with van der Waals surface area (Å²) in [5.74, 6) is 0.653. The molecule has 6 nitrogen and oxygen atoms in total. The molecule has 1 aromatic heterocycles. The van der Waals surface area contributed by atoms with Crippen molar-refractivity contribution in [1.82, 2.24) is 20.6 Å². The molecule has 0 radical (unpaired) electrons. The Kier molecular flexibility index (Phi) is 4.18. The van der Waals surface area contributed by atoms with Crippen molar-refractivity contribution >= 4 is 11.8 Å². The summed E-state index contributed by atoms with van der Waals surface area (Å²) in [6, 6.07) is 9.50. The van der Waals surface area contributed by atoms with E-state index in [2.05, 4.69) is 20.6 Å². The summed E-state index contributed by atoms with van der Waals surface area (Å²) in [4.78, 5) is 30.5. The van der Waals surface area contributed by atoms with Crippen LogP contribution >= 0.6 is 0 Å². The molecular formula is C16H18N4O2. The van der Waals surface area contributed by atoms with E-state index in [0.717, 1.165) is 17.1 Å². The molecule has 0 bridgehead atoms. The van der Waals surface area contributed by atoms with Gasteiger partial charge in [0.1, 0.15) is 11.9 Å². The minimum atomic E-state index is -0.380. The molecule has 0 spiro atoms. The number of nitrogens with one attached hydrogen (secondary N) is 3. The van der Waals surface area contributed by atoms with E-state index in [0.29, 0.717) is 25.8 Å². The van der Waals surface area contributed by atoms with Crippen LogP contribution in [0.25, 0.3) is 11.4 Å². The topological polar surface area (TPSA) is 86.9 Å². The lowest BCUT2D eigenvalue weighted by Gasteiger charge is -2.10. The highest BCUT2D eigenvalue weighted by Crippen LogP contribution is 2.14. The average Bonchev–Trinajstić information content (AvgIpc) is 3.17. The molecule has 1 aliphatic heterocycles. The van der Waals surface area contributed by atoms with Crippen molar-refractivity contribution in [3.8, 4) is 11.4 Å². The van der Waals surface area contributed by atoms with Crippen LogP contribution in [0.4, 0.5) is 0 Å². The molecule has 1 atom stereocenters. The third-order valence-corrected chi connectivity index (χ3v) is 3.68. The normalized spacial score (nSPS) is 17.3. The highest BCUT2D eigenvalue weighted by atomic mass is 16.2. The highest BCUT2D eigenvalue weighted by molar-refractivity contribution is 5.90. The number of nitrogens with zero attached hydrogens (tertiary/aromatic N) is 1. The third kappa shape index (κ3) is 3.33. The quantitative estimate of drug-likeness (QED) is 0.770. The lowest BCUT2D eigenvalue weighted by Crippen LogP contribution is -2.42. The molecule has 0 saturated carbocycles. The van der Waals surface area contributed by atoms with Gasteiger partial charge in [-0.05, 0) is 6.42 Å². The van der Waals surface area contributed by atoms with Crippen LogP contribution in [-0.4, -0.2) is 34.4 Å². The van der Waals surface area contributed by atoms with E-state index in [9.17, 15) is 9.59 Å². The van der Waals surface area contributed by atoms with Crippen LogP contribution in [0.1, 0.15) is 18.5 Å². The molecule has 0 aliphatic carbocycles. The smallest absolute Gasteiger partial charge is 0.242 e. The van der Waals surface area contributed by atoms with Crippen molar-refractivity contribution in [1.29, 1.82) is 0 Å². The molecule has 3 rings (SSSR count). The first-order chi connectivity index (χ1) is 10.7. The summed E-state index contributed by atoms with van der Waals surface area (Å²) in [6.07, 6.45) is 3.46. The molecule has 1 fully saturated rings. The summed E-state index contributed by atoms with van der Waals surface area (Å²) in [6.45, 7) is 0.516. The van der Waals surface area contributed by atoms with Crippen LogP contribution < -0.4 is 10.6 Å². The Hall–Kier alpha value is -2.63. The molecule has 1 aromatic carbocycles. The van der Waals surface area contributed by atoms with E-state index < -0.39 is 0 Å². The van der Waals surface area contributed by atoms with Gasteiger partial charge in [-0.15, -0.1) is 0 Å². The van der Waals surface area contributed by atoms with Crippen LogP contribution in [0, 0.1) is 0 Å². The van der Waals surface area contributed by atoms with Gasteiger partial charge in [-0.3, -0.25) is 9.59 Å². The minimum Gasteiger partial charge on any atom is -0.354 e. The molecule has 2 heterocycles. The number of aromatic amines is 1. The molecule has 1 saturated heterocycles. The zero-order valence-electron chi connectivity index (χ0n) is 12.1. The Balaban J connectivity index is 1.49. The summed E-state index contributed by atoms with van der Waals surface area (Å²) in [5, 5.41) is 5.50. The van der Waals surface area contributed by atoms with Gasteiger partial charge in [0.15, 0.2) is 0 Å². The number of carbonyl (C=O) groups excluding carboxylic acids is 2. The second-order valence-corrected chi connectivity index (χ2v) is 5.32. The Morgan fingerprint density at radius 3 is 2.86 bits per heavy atom. The van der Waals surface area contributed by atoms with E-state index in [1.165, 1.54) is 0 Å². The lowest BCUT2D eigenvalue weighted by atomic mass is 10.2. The van der Waals surface area contributed by atoms with E-state index in [-0.39, 0.29) is 17.9 Å². The predicted octanol–water partition coefficient (Wildman–Crippen LogP) is 1.01. The van der Waals surface area contributed by atoms with Crippen LogP contribution in [0.5, 0.6) is 0 Å². The van der Waals surface area contributed by atoms with Gasteiger partial charge in [0, 0.05) is 36.8 Å². The fourth-order valence-corrected chi connectivity index (χ4v) is 2.48. The first kappa shape index (κ1) is 14.3. The average molecular weight is 298 g/mol. The Morgan fingerprint density at radius 1 is 1.32 bits per heavy atom. The second-order valence-electron chi connectivity index (χ2n) is 5.32. The van der Waals surface area contributed by atoms with Gasteiger partial charge in [0.05, 0.1) is 0 Å². The van der Waals surface area contributed by atoms with Gasteiger partial charge < -0.3 is 15.6 Å². The van der Waals surface area contributed by atoms with Crippen LogP contribution in [0.15, 0.2) is 36.5 Å². The van der Waals surface area contributed by atoms with E-state index in [4.69, 9.17) is 0 Å². The third-order valence-electron chi connectivity index (χ3n) is 3.68. The van der Waals surface area contributed by atoms with E-state index >= 15 is 0 Å². The predicted molar refractivity (Wildman–Crippen MR) is 81.9 cm³/mol. The molecule has 114 valence electrons. The Bertz CT molecular complexity index is 666. The van der Waals surface area contributed by atoms with E-state index in [1.54, 1.807) is 6.20 Å². The van der Waals surface area contributed by atoms with Crippen molar-refractivity contribution in [2.24, 2.45) is 0 Å². The van der Waals surface area contributed by atoms with Crippen LogP contribution in [0.2, 0.25) is 0 Å². The first-order valence-corrected chi connectivity index (χ1v) is 7.39. The monoisotopic (exact) mass is 298 g/mol. The van der Waals surface area contributed by atoms with Gasteiger partial charge in [-0.2, -0.15) is 0 Å². The van der Waals surface area contributed by atoms with E-state index in [1.807, 2.05) is 30.3 Å². The molecule has 6 heteroatoms. The number of carbonyl (C=O) groups is 2. The summed E-state index contributed by atoms with van der Waals surface area (Å²) in [5.41, 5.74) is 2.00. The maximum Gasteiger partial charge on any atom is 0.242 e. The number of hydrogen-bond acceptors (Lipinski definition) is 3. The number of H-pyrrole nitrogens is 1. The molecular weight excluding hydrogens is 280 g/mol. The number of hydrogen-bond donors (Lipinski definition) is 3. The number of amides is 2. The zero-order chi connectivity index (χ0) is 15.4. The molecule has 2 aromatic rings. The molecule has 2 amide bonds. The number of imidazole rings is 1. The number of aromatic nitrogens is 2. The Morgan fingerprint density at radius 2 is 2.14 bits per heavy atom. The fourth-order valence-electron chi connectivity index (χ4n) is 2.48. The van der Waals surface area contributed by atoms with Crippen LogP contribution in [0.3, 0.4) is 0 Å². The van der Waals surface area contributed by atoms with Gasteiger partial charge in [0.25, 0.3) is 0 Å². The van der Waals surface area contributed by atoms with Gasteiger partial charge in [-0.1, -0.05) is 30.3 Å². The van der Waals surface area contributed by atoms with Crippen molar-refractivity contribution < 1.29 is 9.59 Å². The molecule has 22 heavy (non-hydrogen) atoms. The van der Waals surface area contributed by atoms with Crippen LogP contribution in [-0.2, 0) is 16.0 Å². The van der Waals surface area contributed by atoms with Gasteiger partial charge in [-0.25, -0.2) is 4.98 Å². The second kappa shape index (κ2) is 6.43. The largest absolute Gasteiger partial charge is 0.354 e. The van der Waals surface area contributed by atoms with Gasteiger partial charge in [0.2, 0.25) is 11.8 Å². The lowest BCUT2D eigenvalue weighted by molar-refractivity contribution is -0.125. The van der Waals surface area contributed by atoms with Gasteiger partial charge >= 0.3 is 0 Å². The standard InChI is InChI=1S/C16H18N4O2/c21-14-7-6-13(20-14)16(22)17-9-8-12-10-18-15(19-12)11-4-2-1-3-5-11/h1-5,10,13H,6-9H2,(H,17,22)(H,18,19)(H,20,21). The highest BCUT2D eigenvalue weighted by Gasteiger charge is 2.26. The maximum absolute atomic E-state index is 11.9. The maximum atomic E-state index is 11.9. The molecule has 1 unspecified atom stereocenters. The SMILES string of the molecule is O=C1CCC(C(=O)NCCc2cnc(-c3ccccc3)[nH]2)N1. The summed E-state index contributed by atoms with van der Waals surface area (Å²) in [7, 11) is 0. The number of benzene rings is 1. The number of rotatable bonds is 5. The Labute approximate surface area is 128 Å². The van der Waals surface area contributed by atoms with Crippen molar-refractivity contribution in [2.75, 3.05) is 6.54 Å². The summed E-state index contributed by atoms with van der Waals surface area (Å²) >= 11 is 0.